The van der Waals surface area contributed by atoms with Crippen LogP contribution in [-0.2, 0) is 0 Å². The van der Waals surface area contributed by atoms with Gasteiger partial charge in [-0.3, -0.25) is 4.79 Å². The lowest BCUT2D eigenvalue weighted by atomic mass is 10.2. The predicted octanol–water partition coefficient (Wildman–Crippen LogP) is 1.34. The van der Waals surface area contributed by atoms with E-state index in [1.165, 1.54) is 33.7 Å². The maximum Gasteiger partial charge on any atom is 0.267 e. The molecule has 0 bridgehead atoms. The van der Waals surface area contributed by atoms with Crippen LogP contribution in [0.1, 0.15) is 10.5 Å². The molecule has 2 rings (SSSR count). The molecule has 1 aromatic carbocycles. The molecule has 0 spiro atoms. The number of hydrogen-bond acceptors (Lipinski definition) is 7. The SMILES string of the molecule is COc1cc(Nc2cc(C(N)=O)ncn2)cc(OC)c1OC. The van der Waals surface area contributed by atoms with E-state index >= 15 is 0 Å². The summed E-state index contributed by atoms with van der Waals surface area (Å²) < 4.78 is 15.8. The van der Waals surface area contributed by atoms with Crippen LogP contribution < -0.4 is 25.3 Å². The smallest absolute Gasteiger partial charge is 0.267 e. The maximum atomic E-state index is 11.1. The van der Waals surface area contributed by atoms with Crippen molar-refractivity contribution in [2.75, 3.05) is 26.6 Å². The Morgan fingerprint density at radius 2 is 1.68 bits per heavy atom. The van der Waals surface area contributed by atoms with Gasteiger partial charge in [0.25, 0.3) is 5.91 Å². The Balaban J connectivity index is 2.37. The third kappa shape index (κ3) is 3.17. The molecule has 1 aromatic heterocycles. The molecule has 0 atom stereocenters. The molecule has 8 nitrogen and oxygen atoms in total. The number of nitrogens with one attached hydrogen (secondary N) is 1. The summed E-state index contributed by atoms with van der Waals surface area (Å²) in [5.74, 6) is 1.26. The average Bonchev–Trinajstić information content (AvgIpc) is 2.54. The van der Waals surface area contributed by atoms with Gasteiger partial charge >= 0.3 is 0 Å². The van der Waals surface area contributed by atoms with Gasteiger partial charge in [0.05, 0.1) is 21.3 Å². The summed E-state index contributed by atoms with van der Waals surface area (Å²) in [4.78, 5) is 18.9. The number of primary amides is 1. The highest BCUT2D eigenvalue weighted by molar-refractivity contribution is 5.91. The number of nitrogens with zero attached hydrogens (tertiary/aromatic N) is 2. The van der Waals surface area contributed by atoms with Crippen molar-refractivity contribution in [2.45, 2.75) is 0 Å². The van der Waals surface area contributed by atoms with Crippen LogP contribution in [0.15, 0.2) is 24.5 Å². The minimum atomic E-state index is -0.629. The molecular formula is C14H16N4O4. The number of amides is 1. The number of methoxy groups -OCH3 is 3. The molecule has 0 aliphatic carbocycles. The molecular weight excluding hydrogens is 288 g/mol. The quantitative estimate of drug-likeness (QED) is 0.829. The molecule has 0 aliphatic heterocycles. The molecule has 116 valence electrons. The van der Waals surface area contributed by atoms with Crippen LogP contribution >= 0.6 is 0 Å². The number of anilines is 2. The van der Waals surface area contributed by atoms with E-state index in [-0.39, 0.29) is 5.69 Å². The fourth-order valence-electron chi connectivity index (χ4n) is 1.86. The first kappa shape index (κ1) is 15.4. The van der Waals surface area contributed by atoms with E-state index in [1.54, 1.807) is 12.1 Å². The molecule has 0 fully saturated rings. The highest BCUT2D eigenvalue weighted by atomic mass is 16.5. The number of nitrogens with two attached hydrogens (primary N) is 1. The zero-order chi connectivity index (χ0) is 16.1. The van der Waals surface area contributed by atoms with Crippen LogP contribution in [0.2, 0.25) is 0 Å². The van der Waals surface area contributed by atoms with Crippen molar-refractivity contribution < 1.29 is 19.0 Å². The average molecular weight is 304 g/mol. The molecule has 0 saturated heterocycles. The van der Waals surface area contributed by atoms with Crippen LogP contribution in [0, 0.1) is 0 Å². The number of carbonyl (C=O) groups excluding carboxylic acids is 1. The second-order valence-electron chi connectivity index (χ2n) is 4.19. The van der Waals surface area contributed by atoms with Gasteiger partial charge in [0, 0.05) is 23.9 Å². The first-order valence-corrected chi connectivity index (χ1v) is 6.28. The van der Waals surface area contributed by atoms with E-state index in [9.17, 15) is 4.79 Å². The van der Waals surface area contributed by atoms with Crippen molar-refractivity contribution in [1.29, 1.82) is 0 Å². The molecule has 3 N–H and O–H groups in total. The highest BCUT2D eigenvalue weighted by Gasteiger charge is 2.14. The van der Waals surface area contributed by atoms with E-state index in [1.807, 2.05) is 0 Å². The van der Waals surface area contributed by atoms with Crippen molar-refractivity contribution in [1.82, 2.24) is 9.97 Å². The van der Waals surface area contributed by atoms with Gasteiger partial charge in [-0.05, 0) is 0 Å². The second kappa shape index (κ2) is 6.61. The lowest BCUT2D eigenvalue weighted by Crippen LogP contribution is -2.13. The van der Waals surface area contributed by atoms with Crippen LogP contribution in [-0.4, -0.2) is 37.2 Å². The van der Waals surface area contributed by atoms with E-state index in [0.717, 1.165) is 0 Å². The first-order valence-electron chi connectivity index (χ1n) is 6.28. The highest BCUT2D eigenvalue weighted by Crippen LogP contribution is 2.40. The molecule has 1 amide bonds. The number of aromatic nitrogens is 2. The van der Waals surface area contributed by atoms with Gasteiger partial charge in [-0.25, -0.2) is 9.97 Å². The van der Waals surface area contributed by atoms with Crippen molar-refractivity contribution in [3.8, 4) is 17.2 Å². The minimum Gasteiger partial charge on any atom is -0.493 e. The van der Waals surface area contributed by atoms with E-state index in [0.29, 0.717) is 28.8 Å². The number of ether oxygens (including phenoxy) is 3. The second-order valence-corrected chi connectivity index (χ2v) is 4.19. The van der Waals surface area contributed by atoms with Gasteiger partial charge < -0.3 is 25.3 Å². The number of hydrogen-bond donors (Lipinski definition) is 2. The minimum absolute atomic E-state index is 0.116. The Labute approximate surface area is 127 Å². The standard InChI is InChI=1S/C14H16N4O4/c1-20-10-4-8(5-11(21-2)13(10)22-3)18-12-6-9(14(15)19)16-7-17-12/h4-7H,1-3H3,(H2,15,19)(H,16,17,18). The summed E-state index contributed by atoms with van der Waals surface area (Å²) >= 11 is 0. The molecule has 0 radical (unpaired) electrons. The molecule has 8 heteroatoms. The maximum absolute atomic E-state index is 11.1. The van der Waals surface area contributed by atoms with Gasteiger partial charge in [-0.1, -0.05) is 0 Å². The number of carbonyl (C=O) groups is 1. The lowest BCUT2D eigenvalue weighted by Gasteiger charge is -2.14. The van der Waals surface area contributed by atoms with Crippen LogP contribution in [0.5, 0.6) is 17.2 Å². The third-order valence-corrected chi connectivity index (χ3v) is 2.86. The Morgan fingerprint density at radius 1 is 1.05 bits per heavy atom. The summed E-state index contributed by atoms with van der Waals surface area (Å²) in [5.41, 5.74) is 5.95. The van der Waals surface area contributed by atoms with Crippen molar-refractivity contribution in [3.63, 3.8) is 0 Å². The fraction of sp³-hybridized carbons (Fsp3) is 0.214. The fourth-order valence-corrected chi connectivity index (χ4v) is 1.86. The molecule has 0 saturated carbocycles. The summed E-state index contributed by atoms with van der Waals surface area (Å²) in [6, 6.07) is 4.88. The van der Waals surface area contributed by atoms with Gasteiger partial charge in [0.15, 0.2) is 11.5 Å². The Bertz CT molecular complexity index is 665. The third-order valence-electron chi connectivity index (χ3n) is 2.86. The zero-order valence-electron chi connectivity index (χ0n) is 12.4. The molecule has 22 heavy (non-hydrogen) atoms. The summed E-state index contributed by atoms with van der Waals surface area (Å²) in [6.07, 6.45) is 1.25. The van der Waals surface area contributed by atoms with E-state index in [2.05, 4.69) is 15.3 Å². The normalized spacial score (nSPS) is 9.95. The monoisotopic (exact) mass is 304 g/mol. The van der Waals surface area contributed by atoms with Gasteiger partial charge in [0.2, 0.25) is 5.75 Å². The summed E-state index contributed by atoms with van der Waals surface area (Å²) in [5, 5.41) is 3.03. The van der Waals surface area contributed by atoms with Crippen molar-refractivity contribution in [2.24, 2.45) is 5.73 Å². The first-order chi connectivity index (χ1) is 10.6. The topological polar surface area (TPSA) is 109 Å². The zero-order valence-corrected chi connectivity index (χ0v) is 12.4. The molecule has 0 unspecified atom stereocenters. The van der Waals surface area contributed by atoms with E-state index < -0.39 is 5.91 Å². The Morgan fingerprint density at radius 3 is 2.18 bits per heavy atom. The molecule has 1 heterocycles. The summed E-state index contributed by atoms with van der Waals surface area (Å²) in [6.45, 7) is 0. The Hall–Kier alpha value is -3.03. The van der Waals surface area contributed by atoms with Gasteiger partial charge in [-0.2, -0.15) is 0 Å². The molecule has 0 aliphatic rings. The predicted molar refractivity (Wildman–Crippen MR) is 79.9 cm³/mol. The van der Waals surface area contributed by atoms with Crippen LogP contribution in [0.25, 0.3) is 0 Å². The van der Waals surface area contributed by atoms with E-state index in [4.69, 9.17) is 19.9 Å². The lowest BCUT2D eigenvalue weighted by molar-refractivity contribution is 0.0995. The van der Waals surface area contributed by atoms with Gasteiger partial charge in [-0.15, -0.1) is 0 Å². The van der Waals surface area contributed by atoms with Crippen molar-refractivity contribution >= 4 is 17.4 Å². The largest absolute Gasteiger partial charge is 0.493 e. The Kier molecular flexibility index (Phi) is 4.62. The molecule has 2 aromatic rings. The number of benzene rings is 1. The van der Waals surface area contributed by atoms with Crippen LogP contribution in [0.3, 0.4) is 0 Å². The van der Waals surface area contributed by atoms with Crippen LogP contribution in [0.4, 0.5) is 11.5 Å². The number of rotatable bonds is 6. The van der Waals surface area contributed by atoms with Crippen molar-refractivity contribution in [3.05, 3.63) is 30.2 Å². The summed E-state index contributed by atoms with van der Waals surface area (Å²) in [7, 11) is 4.57. The van der Waals surface area contributed by atoms with Gasteiger partial charge in [0.1, 0.15) is 17.8 Å².